The minimum Gasteiger partial charge on any atom is -0.208 e. The van der Waals surface area contributed by atoms with Gasteiger partial charge in [-0.05, 0) is 69.3 Å². The van der Waals surface area contributed by atoms with Crippen LogP contribution in [0.2, 0.25) is 0 Å². The van der Waals surface area contributed by atoms with Gasteiger partial charge in [0.2, 0.25) is 0 Å². The first-order chi connectivity index (χ1) is 13.1. The molecule has 0 N–H and O–H groups in total. The van der Waals surface area contributed by atoms with E-state index in [1.54, 1.807) is 0 Å². The second-order valence-corrected chi connectivity index (χ2v) is 8.87. The van der Waals surface area contributed by atoms with Crippen molar-refractivity contribution in [3.8, 4) is 0 Å². The molecule has 28 heavy (non-hydrogen) atoms. The summed E-state index contributed by atoms with van der Waals surface area (Å²) >= 11 is 0. The lowest BCUT2D eigenvalue weighted by Crippen LogP contribution is -2.45. The van der Waals surface area contributed by atoms with Crippen molar-refractivity contribution in [2.45, 2.75) is 77.1 Å². The van der Waals surface area contributed by atoms with Gasteiger partial charge in [-0.3, -0.25) is 0 Å². The van der Waals surface area contributed by atoms with Gasteiger partial charge in [-0.2, -0.15) is 17.6 Å². The van der Waals surface area contributed by atoms with E-state index in [9.17, 15) is 26.3 Å². The van der Waals surface area contributed by atoms with E-state index in [2.05, 4.69) is 6.92 Å². The molecule has 0 spiro atoms. The van der Waals surface area contributed by atoms with E-state index in [0.29, 0.717) is 30.8 Å². The molecule has 0 heterocycles. The van der Waals surface area contributed by atoms with Gasteiger partial charge < -0.3 is 0 Å². The Kier molecular flexibility index (Phi) is 6.07. The minimum atomic E-state index is -4.76. The third-order valence-corrected chi connectivity index (χ3v) is 7.03. The fourth-order valence-electron chi connectivity index (χ4n) is 4.95. The van der Waals surface area contributed by atoms with E-state index < -0.39 is 40.6 Å². The second kappa shape index (κ2) is 7.91. The summed E-state index contributed by atoms with van der Waals surface area (Å²) in [6.45, 7) is 3.10. The molecule has 0 aliphatic heterocycles. The summed E-state index contributed by atoms with van der Waals surface area (Å²) < 4.78 is 85.0. The predicted octanol–water partition coefficient (Wildman–Crippen LogP) is 7.93. The predicted molar refractivity (Wildman–Crippen MR) is 97.5 cm³/mol. The van der Waals surface area contributed by atoms with E-state index in [0.717, 1.165) is 44.6 Å². The van der Waals surface area contributed by atoms with Gasteiger partial charge in [0.25, 0.3) is 0 Å². The summed E-state index contributed by atoms with van der Waals surface area (Å²) in [6, 6.07) is 0. The van der Waals surface area contributed by atoms with Crippen molar-refractivity contribution in [3.05, 3.63) is 35.0 Å². The zero-order valence-corrected chi connectivity index (χ0v) is 16.4. The van der Waals surface area contributed by atoms with Gasteiger partial charge in [-0.1, -0.05) is 25.8 Å². The fourth-order valence-corrected chi connectivity index (χ4v) is 4.95. The third-order valence-electron chi connectivity index (χ3n) is 7.03. The topological polar surface area (TPSA) is 0 Å². The lowest BCUT2D eigenvalue weighted by Gasteiger charge is -2.37. The van der Waals surface area contributed by atoms with Crippen molar-refractivity contribution < 1.29 is 26.3 Å². The van der Waals surface area contributed by atoms with Crippen molar-refractivity contribution in [2.24, 2.45) is 23.7 Å². The Morgan fingerprint density at radius 2 is 1.29 bits per heavy atom. The molecule has 0 saturated heterocycles. The highest BCUT2D eigenvalue weighted by Crippen LogP contribution is 2.51. The maximum Gasteiger partial charge on any atom is 0.342 e. The van der Waals surface area contributed by atoms with Crippen LogP contribution in [-0.4, -0.2) is 11.8 Å². The maximum absolute atomic E-state index is 14.6. The summed E-state index contributed by atoms with van der Waals surface area (Å²) in [5.74, 6) is -11.4. The highest BCUT2D eigenvalue weighted by molar-refractivity contribution is 5.46. The molecule has 2 fully saturated rings. The largest absolute Gasteiger partial charge is 0.342 e. The first-order valence-electron chi connectivity index (χ1n) is 10.3. The highest BCUT2D eigenvalue weighted by Gasteiger charge is 2.62. The summed E-state index contributed by atoms with van der Waals surface area (Å²) in [4.78, 5) is 0. The summed E-state index contributed by atoms with van der Waals surface area (Å²) in [6.07, 6.45) is 8.23. The Balaban J connectivity index is 1.70. The van der Waals surface area contributed by atoms with E-state index in [4.69, 9.17) is 0 Å². The lowest BCUT2D eigenvalue weighted by molar-refractivity contribution is -0.162. The second-order valence-electron chi connectivity index (χ2n) is 8.87. The molecule has 0 aromatic heterocycles. The van der Waals surface area contributed by atoms with Gasteiger partial charge in [0.05, 0.1) is 5.57 Å². The molecule has 6 heteroatoms. The van der Waals surface area contributed by atoms with Crippen LogP contribution >= 0.6 is 0 Å². The van der Waals surface area contributed by atoms with Crippen LogP contribution in [0.15, 0.2) is 35.0 Å². The molecule has 0 aromatic rings. The van der Waals surface area contributed by atoms with Crippen molar-refractivity contribution >= 4 is 0 Å². The zero-order chi connectivity index (χ0) is 20.7. The van der Waals surface area contributed by atoms with Gasteiger partial charge in [-0.15, -0.1) is 0 Å². The standard InChI is InChI=1S/C22H28F6/c1-13-3-6-15(7-4-13)16-8-10-17(11-9-16)19(23)20(24)18-12-5-14(2)21(25,26)22(18,27)28/h5,12-13,15-17H,3-4,6-11H2,1-2H3/b20-19+. The van der Waals surface area contributed by atoms with Gasteiger partial charge in [0.1, 0.15) is 5.83 Å². The molecule has 3 aliphatic carbocycles. The first-order valence-corrected chi connectivity index (χ1v) is 10.3. The molecule has 0 atom stereocenters. The van der Waals surface area contributed by atoms with E-state index in [1.807, 2.05) is 0 Å². The van der Waals surface area contributed by atoms with Crippen LogP contribution in [0.4, 0.5) is 26.3 Å². The molecule has 0 aromatic carbocycles. The Morgan fingerprint density at radius 3 is 1.82 bits per heavy atom. The summed E-state index contributed by atoms with van der Waals surface area (Å²) in [7, 11) is 0. The minimum absolute atomic E-state index is 0.375. The number of hydrogen-bond donors (Lipinski definition) is 0. The van der Waals surface area contributed by atoms with Crippen LogP contribution in [0.25, 0.3) is 0 Å². The quantitative estimate of drug-likeness (QED) is 0.418. The average Bonchev–Trinajstić information content (AvgIpc) is 2.66. The monoisotopic (exact) mass is 406 g/mol. The van der Waals surface area contributed by atoms with E-state index >= 15 is 0 Å². The van der Waals surface area contributed by atoms with E-state index in [1.165, 1.54) is 12.8 Å². The lowest BCUT2D eigenvalue weighted by atomic mass is 9.69. The highest BCUT2D eigenvalue weighted by atomic mass is 19.3. The van der Waals surface area contributed by atoms with Crippen LogP contribution in [0.5, 0.6) is 0 Å². The number of alkyl halides is 4. The Labute approximate surface area is 162 Å². The van der Waals surface area contributed by atoms with Gasteiger partial charge in [-0.25, -0.2) is 8.78 Å². The molecular formula is C22H28F6. The van der Waals surface area contributed by atoms with Crippen LogP contribution in [0.1, 0.15) is 65.2 Å². The van der Waals surface area contributed by atoms with Crippen molar-refractivity contribution in [2.75, 3.05) is 0 Å². The molecular weight excluding hydrogens is 378 g/mol. The summed E-state index contributed by atoms with van der Waals surface area (Å²) in [5.41, 5.74) is -2.42. The molecule has 2 saturated carbocycles. The number of hydrogen-bond acceptors (Lipinski definition) is 0. The van der Waals surface area contributed by atoms with Crippen molar-refractivity contribution in [1.29, 1.82) is 0 Å². The van der Waals surface area contributed by atoms with E-state index in [-0.39, 0.29) is 0 Å². The Bertz CT molecular complexity index is 671. The number of rotatable bonds is 3. The first kappa shape index (κ1) is 21.5. The normalized spacial score (nSPS) is 36.3. The average molecular weight is 406 g/mol. The number of halogens is 6. The van der Waals surface area contributed by atoms with Crippen LogP contribution in [-0.2, 0) is 0 Å². The number of allylic oxidation sites excluding steroid dienone is 6. The van der Waals surface area contributed by atoms with Gasteiger partial charge in [0, 0.05) is 11.5 Å². The molecule has 0 nitrogen and oxygen atoms in total. The van der Waals surface area contributed by atoms with Gasteiger partial charge >= 0.3 is 11.8 Å². The molecule has 3 aliphatic rings. The van der Waals surface area contributed by atoms with Crippen molar-refractivity contribution in [3.63, 3.8) is 0 Å². The maximum atomic E-state index is 14.6. The fraction of sp³-hybridized carbons (Fsp3) is 0.727. The van der Waals surface area contributed by atoms with Gasteiger partial charge in [0.15, 0.2) is 5.83 Å². The molecule has 0 bridgehead atoms. The Hall–Kier alpha value is -1.20. The van der Waals surface area contributed by atoms with Crippen LogP contribution in [0, 0.1) is 23.7 Å². The SMILES string of the molecule is CC1=CC=C(/C(F)=C(\F)C2CCC(C3CCC(C)CC3)CC2)C(F)(F)C1(F)F. The van der Waals surface area contributed by atoms with Crippen LogP contribution < -0.4 is 0 Å². The molecule has 3 rings (SSSR count). The smallest absolute Gasteiger partial charge is 0.208 e. The Morgan fingerprint density at radius 1 is 0.786 bits per heavy atom. The summed E-state index contributed by atoms with van der Waals surface area (Å²) in [5, 5.41) is 0. The zero-order valence-electron chi connectivity index (χ0n) is 16.4. The van der Waals surface area contributed by atoms with Crippen molar-refractivity contribution in [1.82, 2.24) is 0 Å². The van der Waals surface area contributed by atoms with Crippen LogP contribution in [0.3, 0.4) is 0 Å². The third kappa shape index (κ3) is 3.80. The molecule has 0 amide bonds. The molecule has 0 unspecified atom stereocenters. The molecule has 0 radical (unpaired) electrons. The molecule has 158 valence electrons.